The van der Waals surface area contributed by atoms with E-state index in [1.54, 1.807) is 25.6 Å². The third-order valence-electron chi connectivity index (χ3n) is 5.02. The molecule has 8 heteroatoms. The summed E-state index contributed by atoms with van der Waals surface area (Å²) < 4.78 is 11.8. The van der Waals surface area contributed by atoms with E-state index in [0.717, 1.165) is 54.3 Å². The lowest BCUT2D eigenvalue weighted by Gasteiger charge is -2.32. The lowest BCUT2D eigenvalue weighted by Crippen LogP contribution is -3.13. The van der Waals surface area contributed by atoms with Crippen LogP contribution < -0.4 is 14.4 Å². The smallest absolute Gasteiger partial charge is 0.233 e. The minimum atomic E-state index is 0.208. The summed E-state index contributed by atoms with van der Waals surface area (Å²) in [5.74, 6) is 2.21. The number of piperazine rings is 1. The standard InChI is InChI=1S/C20H27N3O3S2/c1-14-9-17(25-3)18(26-4)10-16(14)11-22-5-7-23(8-6-22)19(24)13-28-20-21-15(2)12-27-20/h9-10,12H,5-8,11,13H2,1-4H3/p+1. The molecule has 1 amide bonds. The summed E-state index contributed by atoms with van der Waals surface area (Å²) in [5.41, 5.74) is 3.49. The number of nitrogens with one attached hydrogen (secondary N) is 1. The van der Waals surface area contributed by atoms with Crippen molar-refractivity contribution in [1.82, 2.24) is 9.88 Å². The van der Waals surface area contributed by atoms with Crippen LogP contribution in [-0.4, -0.2) is 61.9 Å². The molecule has 0 bridgehead atoms. The SMILES string of the molecule is COc1cc(C)c(C[NH+]2CCN(C(=O)CSc3nc(C)cs3)CC2)cc1OC. The molecule has 1 aromatic carbocycles. The number of quaternary nitrogens is 1. The fourth-order valence-electron chi connectivity index (χ4n) is 3.35. The number of carbonyl (C=O) groups excluding carboxylic acids is 1. The van der Waals surface area contributed by atoms with Crippen LogP contribution in [0.5, 0.6) is 11.5 Å². The molecule has 0 unspecified atom stereocenters. The number of benzene rings is 1. The fourth-order valence-corrected chi connectivity index (χ4v) is 5.10. The molecule has 2 heterocycles. The molecular weight excluding hydrogens is 394 g/mol. The zero-order valence-corrected chi connectivity index (χ0v) is 18.5. The average Bonchev–Trinajstić information content (AvgIpc) is 3.13. The van der Waals surface area contributed by atoms with Crippen molar-refractivity contribution >= 4 is 29.0 Å². The molecule has 28 heavy (non-hydrogen) atoms. The Morgan fingerprint density at radius 1 is 1.21 bits per heavy atom. The van der Waals surface area contributed by atoms with Crippen molar-refractivity contribution in [3.8, 4) is 11.5 Å². The van der Waals surface area contributed by atoms with E-state index in [0.29, 0.717) is 5.75 Å². The topological polar surface area (TPSA) is 56.1 Å². The Morgan fingerprint density at radius 2 is 1.89 bits per heavy atom. The Hall–Kier alpha value is -1.77. The normalized spacial score (nSPS) is 14.9. The van der Waals surface area contributed by atoms with Crippen LogP contribution in [0.2, 0.25) is 0 Å². The van der Waals surface area contributed by atoms with Gasteiger partial charge in [-0.1, -0.05) is 11.8 Å². The molecule has 1 aliphatic heterocycles. The number of hydrogen-bond donors (Lipinski definition) is 1. The summed E-state index contributed by atoms with van der Waals surface area (Å²) in [4.78, 5) is 20.4. The van der Waals surface area contributed by atoms with E-state index in [9.17, 15) is 4.79 Å². The first-order chi connectivity index (χ1) is 13.5. The predicted octanol–water partition coefficient (Wildman–Crippen LogP) is 1.80. The molecule has 0 spiro atoms. The van der Waals surface area contributed by atoms with E-state index in [1.165, 1.54) is 27.8 Å². The maximum Gasteiger partial charge on any atom is 0.233 e. The molecule has 0 atom stereocenters. The van der Waals surface area contributed by atoms with Gasteiger partial charge in [0.15, 0.2) is 15.8 Å². The van der Waals surface area contributed by atoms with Crippen LogP contribution in [0, 0.1) is 13.8 Å². The summed E-state index contributed by atoms with van der Waals surface area (Å²) in [5, 5.41) is 2.02. The van der Waals surface area contributed by atoms with Gasteiger partial charge in [-0.05, 0) is 31.5 Å². The molecule has 1 aliphatic rings. The van der Waals surface area contributed by atoms with Crippen LogP contribution in [0.3, 0.4) is 0 Å². The highest BCUT2D eigenvalue weighted by Crippen LogP contribution is 2.30. The van der Waals surface area contributed by atoms with Crippen molar-refractivity contribution in [3.05, 3.63) is 34.3 Å². The molecule has 0 aliphatic carbocycles. The number of carbonyl (C=O) groups is 1. The number of hydrogen-bond acceptors (Lipinski definition) is 6. The lowest BCUT2D eigenvalue weighted by atomic mass is 10.1. The van der Waals surface area contributed by atoms with Crippen molar-refractivity contribution in [2.75, 3.05) is 46.2 Å². The van der Waals surface area contributed by atoms with E-state index >= 15 is 0 Å². The highest BCUT2D eigenvalue weighted by atomic mass is 32.2. The largest absolute Gasteiger partial charge is 0.493 e. The minimum Gasteiger partial charge on any atom is -0.493 e. The molecule has 3 rings (SSSR count). The van der Waals surface area contributed by atoms with Gasteiger partial charge in [0.2, 0.25) is 5.91 Å². The molecule has 0 saturated carbocycles. The highest BCUT2D eigenvalue weighted by Gasteiger charge is 2.24. The summed E-state index contributed by atoms with van der Waals surface area (Å²) in [6.45, 7) is 8.54. The Kier molecular flexibility index (Phi) is 7.20. The second-order valence-electron chi connectivity index (χ2n) is 6.98. The van der Waals surface area contributed by atoms with Crippen LogP contribution >= 0.6 is 23.1 Å². The molecule has 1 N–H and O–H groups in total. The molecule has 152 valence electrons. The first-order valence-electron chi connectivity index (χ1n) is 9.38. The number of thiazole rings is 1. The van der Waals surface area contributed by atoms with Crippen molar-refractivity contribution in [2.24, 2.45) is 0 Å². The second kappa shape index (κ2) is 9.62. The van der Waals surface area contributed by atoms with Crippen LogP contribution in [0.25, 0.3) is 0 Å². The molecule has 1 aromatic heterocycles. The first kappa shape index (κ1) is 21.0. The number of aryl methyl sites for hydroxylation is 2. The van der Waals surface area contributed by atoms with Gasteiger partial charge in [-0.15, -0.1) is 11.3 Å². The monoisotopic (exact) mass is 422 g/mol. The molecule has 1 fully saturated rings. The fraction of sp³-hybridized carbons (Fsp3) is 0.500. The number of methoxy groups -OCH3 is 2. The van der Waals surface area contributed by atoms with Gasteiger partial charge in [-0.2, -0.15) is 0 Å². The van der Waals surface area contributed by atoms with E-state index in [4.69, 9.17) is 9.47 Å². The number of nitrogens with zero attached hydrogens (tertiary/aromatic N) is 2. The van der Waals surface area contributed by atoms with Crippen molar-refractivity contribution in [2.45, 2.75) is 24.7 Å². The third kappa shape index (κ3) is 5.18. The zero-order chi connectivity index (χ0) is 20.1. The average molecular weight is 423 g/mol. The number of amides is 1. The number of thioether (sulfide) groups is 1. The van der Waals surface area contributed by atoms with Crippen molar-refractivity contribution in [1.29, 1.82) is 0 Å². The van der Waals surface area contributed by atoms with E-state index in [-0.39, 0.29) is 5.91 Å². The zero-order valence-electron chi connectivity index (χ0n) is 16.9. The lowest BCUT2D eigenvalue weighted by molar-refractivity contribution is -0.917. The third-order valence-corrected chi connectivity index (χ3v) is 7.15. The highest BCUT2D eigenvalue weighted by molar-refractivity contribution is 8.01. The summed E-state index contributed by atoms with van der Waals surface area (Å²) in [6, 6.07) is 4.11. The molecular formula is C20H28N3O3S2+. The van der Waals surface area contributed by atoms with Gasteiger partial charge in [-0.25, -0.2) is 4.98 Å². The van der Waals surface area contributed by atoms with Crippen LogP contribution in [0.4, 0.5) is 0 Å². The molecule has 6 nitrogen and oxygen atoms in total. The Bertz CT molecular complexity index is 817. The van der Waals surface area contributed by atoms with Gasteiger partial charge in [0, 0.05) is 16.6 Å². The summed E-state index contributed by atoms with van der Waals surface area (Å²) in [6.07, 6.45) is 0. The van der Waals surface area contributed by atoms with Gasteiger partial charge in [0.05, 0.1) is 46.2 Å². The second-order valence-corrected chi connectivity index (χ2v) is 9.07. The maximum atomic E-state index is 12.5. The van der Waals surface area contributed by atoms with Gasteiger partial charge < -0.3 is 19.3 Å². The van der Waals surface area contributed by atoms with E-state index < -0.39 is 0 Å². The van der Waals surface area contributed by atoms with Crippen LogP contribution in [-0.2, 0) is 11.3 Å². The summed E-state index contributed by atoms with van der Waals surface area (Å²) >= 11 is 3.14. The van der Waals surface area contributed by atoms with Crippen molar-refractivity contribution in [3.63, 3.8) is 0 Å². The first-order valence-corrected chi connectivity index (χ1v) is 11.2. The van der Waals surface area contributed by atoms with Crippen LogP contribution in [0.1, 0.15) is 16.8 Å². The van der Waals surface area contributed by atoms with Gasteiger partial charge in [0.25, 0.3) is 0 Å². The summed E-state index contributed by atoms with van der Waals surface area (Å²) in [7, 11) is 3.33. The van der Waals surface area contributed by atoms with Gasteiger partial charge >= 0.3 is 0 Å². The van der Waals surface area contributed by atoms with E-state index in [2.05, 4.69) is 18.0 Å². The number of aromatic nitrogens is 1. The number of ether oxygens (including phenoxy) is 2. The predicted molar refractivity (Wildman–Crippen MR) is 113 cm³/mol. The van der Waals surface area contributed by atoms with Gasteiger partial charge in [0.1, 0.15) is 6.54 Å². The molecule has 1 saturated heterocycles. The molecule has 0 radical (unpaired) electrons. The minimum absolute atomic E-state index is 0.208. The Morgan fingerprint density at radius 3 is 2.50 bits per heavy atom. The Labute approximate surface area is 174 Å². The van der Waals surface area contributed by atoms with Crippen molar-refractivity contribution < 1.29 is 19.2 Å². The Balaban J connectivity index is 1.50. The maximum absolute atomic E-state index is 12.5. The van der Waals surface area contributed by atoms with Crippen LogP contribution in [0.15, 0.2) is 21.9 Å². The molecule has 2 aromatic rings. The number of rotatable bonds is 7. The van der Waals surface area contributed by atoms with E-state index in [1.807, 2.05) is 23.3 Å². The quantitative estimate of drug-likeness (QED) is 0.690. The van der Waals surface area contributed by atoms with Gasteiger partial charge in [-0.3, -0.25) is 4.79 Å².